The second-order valence-electron chi connectivity index (χ2n) is 3.79. The van der Waals surface area contributed by atoms with Gasteiger partial charge in [0.2, 0.25) is 0 Å². The van der Waals surface area contributed by atoms with E-state index in [1.807, 2.05) is 43.5 Å². The van der Waals surface area contributed by atoms with E-state index in [4.69, 9.17) is 4.74 Å². The highest BCUT2D eigenvalue weighted by molar-refractivity contribution is 7.21. The highest BCUT2D eigenvalue weighted by Crippen LogP contribution is 2.35. The molecule has 0 N–H and O–H groups in total. The molecule has 0 atom stereocenters. The molecule has 0 aliphatic rings. The lowest BCUT2D eigenvalue weighted by molar-refractivity contribution is 0.341. The molecule has 2 aromatic heterocycles. The zero-order valence-electron chi connectivity index (χ0n) is 9.96. The topological polar surface area (TPSA) is 35.0 Å². The number of fused-ring (bicyclic) bond motifs is 1. The van der Waals surface area contributed by atoms with Crippen molar-refractivity contribution in [3.63, 3.8) is 0 Å². The minimum atomic E-state index is 0.656. The number of benzene rings is 1. The van der Waals surface area contributed by atoms with Crippen LogP contribution in [-0.4, -0.2) is 16.6 Å². The van der Waals surface area contributed by atoms with Crippen molar-refractivity contribution < 1.29 is 4.74 Å². The van der Waals surface area contributed by atoms with Crippen molar-refractivity contribution in [2.24, 2.45) is 0 Å². The molecule has 4 heteroatoms. The average Bonchev–Trinajstić information content (AvgIpc) is 2.83. The number of para-hydroxylation sites is 1. The third kappa shape index (κ3) is 1.95. The van der Waals surface area contributed by atoms with E-state index in [1.54, 1.807) is 17.5 Å². The number of nitrogens with zero attached hydrogens (tertiary/aromatic N) is 2. The lowest BCUT2D eigenvalue weighted by Crippen LogP contribution is -1.93. The summed E-state index contributed by atoms with van der Waals surface area (Å²) in [7, 11) is 0. The maximum absolute atomic E-state index is 5.64. The van der Waals surface area contributed by atoms with E-state index < -0.39 is 0 Å². The normalized spacial score (nSPS) is 10.7. The maximum atomic E-state index is 5.64. The van der Waals surface area contributed by atoms with E-state index in [9.17, 15) is 0 Å². The van der Waals surface area contributed by atoms with Gasteiger partial charge in [0.1, 0.15) is 10.8 Å². The molecule has 0 fully saturated rings. The van der Waals surface area contributed by atoms with E-state index in [0.29, 0.717) is 6.61 Å². The van der Waals surface area contributed by atoms with Gasteiger partial charge in [-0.05, 0) is 25.1 Å². The Morgan fingerprint density at radius 1 is 1.22 bits per heavy atom. The largest absolute Gasteiger partial charge is 0.493 e. The fraction of sp³-hybridized carbons (Fsp3) is 0.143. The highest BCUT2D eigenvalue weighted by Gasteiger charge is 2.10. The molecule has 0 saturated carbocycles. The number of ether oxygens (including phenoxy) is 1. The van der Waals surface area contributed by atoms with Gasteiger partial charge in [0.05, 0.1) is 22.4 Å². The molecule has 18 heavy (non-hydrogen) atoms. The van der Waals surface area contributed by atoms with E-state index in [1.165, 1.54) is 0 Å². The standard InChI is InChI=1S/C14H12N2OS/c1-2-17-12-6-4-3-5-10(12)14-16-11-7-8-15-9-13(11)18-14/h3-9H,2H2,1H3. The molecule has 0 saturated heterocycles. The molecule has 3 nitrogen and oxygen atoms in total. The Hall–Kier alpha value is -1.94. The summed E-state index contributed by atoms with van der Waals surface area (Å²) in [6.45, 7) is 2.64. The molecular formula is C14H12N2OS. The van der Waals surface area contributed by atoms with Crippen LogP contribution >= 0.6 is 11.3 Å². The van der Waals surface area contributed by atoms with Crippen LogP contribution < -0.4 is 4.74 Å². The van der Waals surface area contributed by atoms with E-state index >= 15 is 0 Å². The van der Waals surface area contributed by atoms with Crippen LogP contribution in [0.15, 0.2) is 42.7 Å². The summed E-state index contributed by atoms with van der Waals surface area (Å²) >= 11 is 1.64. The SMILES string of the molecule is CCOc1ccccc1-c1nc2ccncc2s1. The van der Waals surface area contributed by atoms with E-state index in [-0.39, 0.29) is 0 Å². The minimum Gasteiger partial charge on any atom is -0.493 e. The molecule has 0 amide bonds. The number of pyridine rings is 1. The number of aromatic nitrogens is 2. The Labute approximate surface area is 109 Å². The Balaban J connectivity index is 2.13. The Kier molecular flexibility index (Phi) is 2.94. The Morgan fingerprint density at radius 3 is 2.94 bits per heavy atom. The van der Waals surface area contributed by atoms with Gasteiger partial charge in [-0.15, -0.1) is 11.3 Å². The molecule has 0 aliphatic carbocycles. The quantitative estimate of drug-likeness (QED) is 0.715. The third-order valence-electron chi connectivity index (χ3n) is 2.61. The summed E-state index contributed by atoms with van der Waals surface area (Å²) in [5.74, 6) is 0.881. The fourth-order valence-corrected chi connectivity index (χ4v) is 2.78. The predicted molar refractivity (Wildman–Crippen MR) is 74.0 cm³/mol. The van der Waals surface area contributed by atoms with Gasteiger partial charge in [-0.1, -0.05) is 12.1 Å². The van der Waals surface area contributed by atoms with Gasteiger partial charge < -0.3 is 4.74 Å². The van der Waals surface area contributed by atoms with Crippen molar-refractivity contribution in [2.75, 3.05) is 6.61 Å². The van der Waals surface area contributed by atoms with Gasteiger partial charge in [0.25, 0.3) is 0 Å². The molecule has 0 unspecified atom stereocenters. The summed E-state index contributed by atoms with van der Waals surface area (Å²) in [5.41, 5.74) is 2.02. The van der Waals surface area contributed by atoms with Crippen molar-refractivity contribution in [1.82, 2.24) is 9.97 Å². The summed E-state index contributed by atoms with van der Waals surface area (Å²) < 4.78 is 6.73. The molecule has 0 radical (unpaired) electrons. The highest BCUT2D eigenvalue weighted by atomic mass is 32.1. The van der Waals surface area contributed by atoms with Crippen molar-refractivity contribution in [2.45, 2.75) is 6.92 Å². The van der Waals surface area contributed by atoms with Crippen LogP contribution in [0.1, 0.15) is 6.92 Å². The summed E-state index contributed by atoms with van der Waals surface area (Å²) in [5, 5.41) is 0.974. The second kappa shape index (κ2) is 4.74. The zero-order valence-corrected chi connectivity index (χ0v) is 10.8. The smallest absolute Gasteiger partial charge is 0.129 e. The first-order valence-electron chi connectivity index (χ1n) is 5.81. The van der Waals surface area contributed by atoms with Crippen molar-refractivity contribution in [1.29, 1.82) is 0 Å². The van der Waals surface area contributed by atoms with Gasteiger partial charge in [-0.2, -0.15) is 0 Å². The van der Waals surface area contributed by atoms with Gasteiger partial charge in [-0.3, -0.25) is 4.98 Å². The summed E-state index contributed by atoms with van der Waals surface area (Å²) in [6.07, 6.45) is 3.61. The van der Waals surface area contributed by atoms with Crippen molar-refractivity contribution in [3.8, 4) is 16.3 Å². The zero-order chi connectivity index (χ0) is 12.4. The van der Waals surface area contributed by atoms with Crippen molar-refractivity contribution >= 4 is 21.6 Å². The predicted octanol–water partition coefficient (Wildman–Crippen LogP) is 3.76. The second-order valence-corrected chi connectivity index (χ2v) is 4.82. The third-order valence-corrected chi connectivity index (χ3v) is 3.65. The van der Waals surface area contributed by atoms with Gasteiger partial charge >= 0.3 is 0 Å². The molecule has 90 valence electrons. The van der Waals surface area contributed by atoms with Crippen LogP contribution in [0.4, 0.5) is 0 Å². The van der Waals surface area contributed by atoms with Crippen LogP contribution in [-0.2, 0) is 0 Å². The van der Waals surface area contributed by atoms with Gasteiger partial charge in [-0.25, -0.2) is 4.98 Å². The molecule has 0 aliphatic heterocycles. The van der Waals surface area contributed by atoms with E-state index in [2.05, 4.69) is 9.97 Å². The lowest BCUT2D eigenvalue weighted by Gasteiger charge is -2.06. The van der Waals surface area contributed by atoms with Crippen LogP contribution in [0.25, 0.3) is 20.8 Å². The van der Waals surface area contributed by atoms with Gasteiger partial charge in [0, 0.05) is 12.4 Å². The average molecular weight is 256 g/mol. The number of thiazole rings is 1. The van der Waals surface area contributed by atoms with Crippen LogP contribution in [0, 0.1) is 0 Å². The monoisotopic (exact) mass is 256 g/mol. The van der Waals surface area contributed by atoms with Crippen LogP contribution in [0.3, 0.4) is 0 Å². The molecule has 3 aromatic rings. The van der Waals surface area contributed by atoms with Crippen molar-refractivity contribution in [3.05, 3.63) is 42.7 Å². The summed E-state index contributed by atoms with van der Waals surface area (Å²) in [4.78, 5) is 8.74. The molecule has 2 heterocycles. The molecule has 0 bridgehead atoms. The first-order valence-corrected chi connectivity index (χ1v) is 6.63. The van der Waals surface area contributed by atoms with E-state index in [0.717, 1.165) is 26.5 Å². The van der Waals surface area contributed by atoms with Crippen LogP contribution in [0.5, 0.6) is 5.75 Å². The lowest BCUT2D eigenvalue weighted by atomic mass is 10.2. The summed E-state index contributed by atoms with van der Waals surface area (Å²) in [6, 6.07) is 9.92. The Bertz CT molecular complexity index is 645. The maximum Gasteiger partial charge on any atom is 0.129 e. The number of hydrogen-bond acceptors (Lipinski definition) is 4. The van der Waals surface area contributed by atoms with Gasteiger partial charge in [0.15, 0.2) is 0 Å². The number of rotatable bonds is 3. The minimum absolute atomic E-state index is 0.656. The fourth-order valence-electron chi connectivity index (χ4n) is 1.82. The molecule has 0 spiro atoms. The molecular weight excluding hydrogens is 244 g/mol. The number of hydrogen-bond donors (Lipinski definition) is 0. The first-order chi connectivity index (χ1) is 8.88. The molecule has 1 aromatic carbocycles. The van der Waals surface area contributed by atoms with Crippen LogP contribution in [0.2, 0.25) is 0 Å². The molecule has 3 rings (SSSR count). The Morgan fingerprint density at radius 2 is 2.11 bits per heavy atom. The first kappa shape index (κ1) is 11.2.